The molecule has 0 bridgehead atoms. The Balaban J connectivity index is 1.71. The number of nitriles is 1. The highest BCUT2D eigenvalue weighted by Crippen LogP contribution is 2.23. The molecule has 0 spiro atoms. The summed E-state index contributed by atoms with van der Waals surface area (Å²) in [5.74, 6) is 1.24. The van der Waals surface area contributed by atoms with Crippen molar-refractivity contribution in [3.63, 3.8) is 0 Å². The minimum atomic E-state index is -0.0869. The van der Waals surface area contributed by atoms with Crippen molar-refractivity contribution in [1.29, 1.82) is 5.26 Å². The quantitative estimate of drug-likeness (QED) is 0.641. The number of amides is 1. The van der Waals surface area contributed by atoms with Crippen LogP contribution in [0.1, 0.15) is 50.8 Å². The van der Waals surface area contributed by atoms with Gasteiger partial charge >= 0.3 is 0 Å². The predicted octanol–water partition coefficient (Wildman–Crippen LogP) is 3.11. The molecule has 1 unspecified atom stereocenters. The molecule has 1 aliphatic rings. The first-order valence-corrected chi connectivity index (χ1v) is 10.7. The molecule has 0 aliphatic carbocycles. The van der Waals surface area contributed by atoms with Gasteiger partial charge in [-0.1, -0.05) is 19.4 Å². The van der Waals surface area contributed by atoms with E-state index < -0.39 is 0 Å². The normalized spacial score (nSPS) is 15.4. The number of carbonyl (C=O) groups is 2. The van der Waals surface area contributed by atoms with Crippen LogP contribution in [0.4, 0.5) is 17.5 Å². The van der Waals surface area contributed by atoms with Crippen LogP contribution in [-0.2, 0) is 16.0 Å². The largest absolute Gasteiger partial charge is 0.354 e. The Morgan fingerprint density at radius 2 is 2.10 bits per heavy atom. The summed E-state index contributed by atoms with van der Waals surface area (Å²) in [6, 6.07) is 11.4. The molecule has 1 aliphatic heterocycles. The van der Waals surface area contributed by atoms with E-state index in [1.54, 1.807) is 12.1 Å². The SMILES string of the molecule is CCCc1cc(N2CCC(NC(=O)CCC(C)=O)C2)nc(Nc2cccc(C#N)c2)n1. The molecule has 1 atom stereocenters. The summed E-state index contributed by atoms with van der Waals surface area (Å²) in [4.78, 5) is 34.6. The highest BCUT2D eigenvalue weighted by Gasteiger charge is 2.25. The van der Waals surface area contributed by atoms with E-state index in [0.29, 0.717) is 18.1 Å². The van der Waals surface area contributed by atoms with Gasteiger partial charge in [-0.05, 0) is 38.0 Å². The van der Waals surface area contributed by atoms with Crippen molar-refractivity contribution in [3.8, 4) is 6.07 Å². The maximum Gasteiger partial charge on any atom is 0.229 e. The average Bonchev–Trinajstić information content (AvgIpc) is 3.21. The molecular formula is C23H28N6O2. The van der Waals surface area contributed by atoms with E-state index in [2.05, 4.69) is 38.5 Å². The van der Waals surface area contributed by atoms with Crippen molar-refractivity contribution in [1.82, 2.24) is 15.3 Å². The Morgan fingerprint density at radius 1 is 1.26 bits per heavy atom. The van der Waals surface area contributed by atoms with Crippen LogP contribution >= 0.6 is 0 Å². The lowest BCUT2D eigenvalue weighted by Crippen LogP contribution is -2.37. The third kappa shape index (κ3) is 6.51. The molecule has 8 heteroatoms. The van der Waals surface area contributed by atoms with E-state index in [1.165, 1.54) is 6.92 Å². The van der Waals surface area contributed by atoms with E-state index in [0.717, 1.165) is 43.0 Å². The van der Waals surface area contributed by atoms with Gasteiger partial charge in [0, 0.05) is 49.4 Å². The van der Waals surface area contributed by atoms with Gasteiger partial charge in [0.1, 0.15) is 11.6 Å². The number of nitrogens with zero attached hydrogens (tertiary/aromatic N) is 4. The molecule has 1 aromatic carbocycles. The zero-order valence-electron chi connectivity index (χ0n) is 18.0. The van der Waals surface area contributed by atoms with Crippen molar-refractivity contribution in [2.24, 2.45) is 0 Å². The molecule has 1 fully saturated rings. The number of aromatic nitrogens is 2. The van der Waals surface area contributed by atoms with E-state index >= 15 is 0 Å². The first-order valence-electron chi connectivity index (χ1n) is 10.7. The molecule has 2 aromatic rings. The highest BCUT2D eigenvalue weighted by atomic mass is 16.2. The molecule has 31 heavy (non-hydrogen) atoms. The number of ketones is 1. The molecule has 1 saturated heterocycles. The molecule has 3 rings (SSSR count). The van der Waals surface area contributed by atoms with Crippen LogP contribution in [0.25, 0.3) is 0 Å². The number of nitrogens with one attached hydrogen (secondary N) is 2. The molecule has 0 saturated carbocycles. The molecule has 2 heterocycles. The van der Waals surface area contributed by atoms with Crippen LogP contribution in [-0.4, -0.2) is 40.8 Å². The summed E-state index contributed by atoms with van der Waals surface area (Å²) in [5, 5.41) is 15.3. The van der Waals surface area contributed by atoms with Gasteiger partial charge in [-0.25, -0.2) is 4.98 Å². The lowest BCUT2D eigenvalue weighted by molar-refractivity contribution is -0.125. The number of hydrogen-bond acceptors (Lipinski definition) is 7. The fraction of sp³-hybridized carbons (Fsp3) is 0.435. The second kappa shape index (κ2) is 10.5. The van der Waals surface area contributed by atoms with E-state index in [9.17, 15) is 9.59 Å². The van der Waals surface area contributed by atoms with Crippen molar-refractivity contribution >= 4 is 29.1 Å². The molecule has 162 valence electrons. The molecule has 1 aromatic heterocycles. The van der Waals surface area contributed by atoms with Crippen LogP contribution < -0.4 is 15.5 Å². The minimum Gasteiger partial charge on any atom is -0.354 e. The zero-order chi connectivity index (χ0) is 22.2. The maximum absolute atomic E-state index is 12.1. The summed E-state index contributed by atoms with van der Waals surface area (Å²) in [6.07, 6.45) is 3.13. The van der Waals surface area contributed by atoms with Gasteiger partial charge in [0.2, 0.25) is 11.9 Å². The molecule has 0 radical (unpaired) electrons. The van der Waals surface area contributed by atoms with Gasteiger partial charge in [0.25, 0.3) is 0 Å². The van der Waals surface area contributed by atoms with Gasteiger partial charge in [0.15, 0.2) is 0 Å². The number of Topliss-reactive ketones (excluding diaryl/α,β-unsaturated/α-hetero) is 1. The van der Waals surface area contributed by atoms with Gasteiger partial charge < -0.3 is 20.3 Å². The first kappa shape index (κ1) is 22.2. The van der Waals surface area contributed by atoms with Crippen LogP contribution in [0.3, 0.4) is 0 Å². The Kier molecular flexibility index (Phi) is 7.55. The third-order valence-electron chi connectivity index (χ3n) is 5.10. The topological polar surface area (TPSA) is 111 Å². The summed E-state index contributed by atoms with van der Waals surface area (Å²) in [6.45, 7) is 5.05. The Labute approximate surface area is 182 Å². The molecular weight excluding hydrogens is 392 g/mol. The van der Waals surface area contributed by atoms with Gasteiger partial charge in [-0.15, -0.1) is 0 Å². The average molecular weight is 421 g/mol. The summed E-state index contributed by atoms with van der Waals surface area (Å²) >= 11 is 0. The monoisotopic (exact) mass is 420 g/mol. The lowest BCUT2D eigenvalue weighted by atomic mass is 10.2. The number of rotatable bonds is 9. The van der Waals surface area contributed by atoms with Crippen LogP contribution in [0.15, 0.2) is 30.3 Å². The Bertz CT molecular complexity index is 984. The smallest absolute Gasteiger partial charge is 0.229 e. The lowest BCUT2D eigenvalue weighted by Gasteiger charge is -2.20. The van der Waals surface area contributed by atoms with Crippen LogP contribution in [0.5, 0.6) is 0 Å². The van der Waals surface area contributed by atoms with Crippen molar-refractivity contribution in [3.05, 3.63) is 41.6 Å². The molecule has 2 N–H and O–H groups in total. The minimum absolute atomic E-state index is 0.0213. The van der Waals surface area contributed by atoms with E-state index in [1.807, 2.05) is 18.2 Å². The number of carbonyl (C=O) groups excluding carboxylic acids is 2. The number of benzene rings is 1. The summed E-state index contributed by atoms with van der Waals surface area (Å²) < 4.78 is 0. The summed E-state index contributed by atoms with van der Waals surface area (Å²) in [5.41, 5.74) is 2.27. The zero-order valence-corrected chi connectivity index (χ0v) is 18.0. The second-order valence-electron chi connectivity index (χ2n) is 7.81. The fourth-order valence-corrected chi connectivity index (χ4v) is 3.56. The van der Waals surface area contributed by atoms with Crippen molar-refractivity contribution in [2.45, 2.75) is 52.0 Å². The second-order valence-corrected chi connectivity index (χ2v) is 7.81. The van der Waals surface area contributed by atoms with Crippen molar-refractivity contribution in [2.75, 3.05) is 23.3 Å². The first-order chi connectivity index (χ1) is 15.0. The van der Waals surface area contributed by atoms with Gasteiger partial charge in [0.05, 0.1) is 11.6 Å². The van der Waals surface area contributed by atoms with Crippen molar-refractivity contribution < 1.29 is 9.59 Å². The van der Waals surface area contributed by atoms with Crippen LogP contribution in [0, 0.1) is 11.3 Å². The van der Waals surface area contributed by atoms with Gasteiger partial charge in [-0.2, -0.15) is 10.2 Å². The van der Waals surface area contributed by atoms with Gasteiger partial charge in [-0.3, -0.25) is 4.79 Å². The number of hydrogen-bond donors (Lipinski definition) is 2. The predicted molar refractivity (Wildman–Crippen MR) is 119 cm³/mol. The Morgan fingerprint density at radius 3 is 2.84 bits per heavy atom. The van der Waals surface area contributed by atoms with E-state index in [4.69, 9.17) is 5.26 Å². The number of anilines is 3. The molecule has 8 nitrogen and oxygen atoms in total. The highest BCUT2D eigenvalue weighted by molar-refractivity contribution is 5.83. The maximum atomic E-state index is 12.1. The molecule has 1 amide bonds. The number of aryl methyl sites for hydroxylation is 1. The Hall–Kier alpha value is -3.47. The third-order valence-corrected chi connectivity index (χ3v) is 5.10. The fourth-order valence-electron chi connectivity index (χ4n) is 3.56. The van der Waals surface area contributed by atoms with Crippen LogP contribution in [0.2, 0.25) is 0 Å². The standard InChI is InChI=1S/C23H28N6O2/c1-3-5-18-13-21(28-23(26-18)27-19-7-4-6-17(12-19)14-24)29-11-10-20(15-29)25-22(31)9-8-16(2)30/h4,6-7,12-13,20H,3,5,8-11,15H2,1-2H3,(H,25,31)(H,26,27,28). The van der Waals surface area contributed by atoms with E-state index in [-0.39, 0.29) is 30.6 Å². The summed E-state index contributed by atoms with van der Waals surface area (Å²) in [7, 11) is 0.